The molecule has 2 fully saturated rings. The Kier molecular flexibility index (Phi) is 9.97. The van der Waals surface area contributed by atoms with Gasteiger partial charge in [-0.05, 0) is 106 Å². The molecule has 0 spiro atoms. The van der Waals surface area contributed by atoms with E-state index in [4.69, 9.17) is 21.7 Å². The normalized spacial score (nSPS) is 18.4. The van der Waals surface area contributed by atoms with Crippen LogP contribution in [0.25, 0.3) is 44.3 Å². The second-order valence-electron chi connectivity index (χ2n) is 14.6. The molecule has 2 bridgehead atoms. The summed E-state index contributed by atoms with van der Waals surface area (Å²) in [6.45, 7) is 1.20. The topological polar surface area (TPSA) is 162 Å². The van der Waals surface area contributed by atoms with E-state index in [2.05, 4.69) is 27.9 Å². The smallest absolute Gasteiger partial charge is 0.336 e. The molecule has 1 unspecified atom stereocenters. The van der Waals surface area contributed by atoms with Gasteiger partial charge in [0.2, 0.25) is 0 Å². The van der Waals surface area contributed by atoms with Crippen LogP contribution in [0.4, 0.5) is 5.69 Å². The quantitative estimate of drug-likeness (QED) is 0.0566. The number of benzene rings is 4. The summed E-state index contributed by atoms with van der Waals surface area (Å²) in [6.07, 6.45) is 7.15. The summed E-state index contributed by atoms with van der Waals surface area (Å²) >= 11 is 5.56. The van der Waals surface area contributed by atoms with Crippen molar-refractivity contribution in [2.75, 3.05) is 18.9 Å². The standard InChI is InChI=1S/C42H42N6O6S/c1-47-26-7-6-8-27(47)20-25(19-26)44-40(51)39-31-9-2-3-10-35(31)48(46-39)18-5-4-17-43-42(55)45-24-11-14-30(34(21-24)41(52)53)38-32-15-12-28(49)22-36(32)54-37-23-29(50)13-16-33(37)38/h2-3,9-16,21-23,25-27,49H,4-8,17-20H2,1H3,(H,44,51)(H,52,53)(H2,43,45,55)/t25?,26-,27+. The number of para-hydroxylation sites is 1. The van der Waals surface area contributed by atoms with Gasteiger partial charge in [0.05, 0.1) is 11.1 Å². The molecule has 0 radical (unpaired) electrons. The number of nitrogens with zero attached hydrogens (tertiary/aromatic N) is 3. The summed E-state index contributed by atoms with van der Waals surface area (Å²) in [5, 5.41) is 36.6. The molecule has 55 heavy (non-hydrogen) atoms. The molecule has 4 aromatic rings. The summed E-state index contributed by atoms with van der Waals surface area (Å²) in [5.74, 6) is -0.999. The minimum atomic E-state index is -1.14. The number of carboxylic acids is 1. The highest BCUT2D eigenvalue weighted by atomic mass is 32.1. The third-order valence-electron chi connectivity index (χ3n) is 11.1. The largest absolute Gasteiger partial charge is 0.508 e. The predicted molar refractivity (Wildman–Crippen MR) is 216 cm³/mol. The number of carbonyl (C=O) groups excluding carboxylic acids is 1. The first-order valence-electron chi connectivity index (χ1n) is 18.7. The maximum absolute atomic E-state index is 13.5. The Labute approximate surface area is 322 Å². The lowest BCUT2D eigenvalue weighted by atomic mass is 9.82. The number of anilines is 1. The van der Waals surface area contributed by atoms with Gasteiger partial charge in [-0.1, -0.05) is 30.7 Å². The molecule has 4 heterocycles. The number of hydrogen-bond donors (Lipinski definition) is 5. The summed E-state index contributed by atoms with van der Waals surface area (Å²) in [5.41, 5.74) is 3.52. The first-order chi connectivity index (χ1) is 26.6. The minimum absolute atomic E-state index is 0.0213. The van der Waals surface area contributed by atoms with Crippen molar-refractivity contribution in [2.24, 2.45) is 0 Å². The highest BCUT2D eigenvalue weighted by Gasteiger charge is 2.37. The van der Waals surface area contributed by atoms with Gasteiger partial charge >= 0.3 is 5.97 Å². The van der Waals surface area contributed by atoms with Crippen LogP contribution in [0.15, 0.2) is 88.1 Å². The number of phenolic OH excluding ortho intramolecular Hbond substituents is 1. The lowest BCUT2D eigenvalue weighted by molar-refractivity contribution is 0.0462. The number of aromatic nitrogens is 2. The van der Waals surface area contributed by atoms with Gasteiger partial charge in [0, 0.05) is 70.9 Å². The van der Waals surface area contributed by atoms with E-state index >= 15 is 0 Å². The van der Waals surface area contributed by atoms with E-state index in [1.54, 1.807) is 24.3 Å². The number of rotatable bonds is 10. The van der Waals surface area contributed by atoms with Crippen molar-refractivity contribution in [1.82, 2.24) is 25.3 Å². The van der Waals surface area contributed by atoms with E-state index in [1.165, 1.54) is 49.6 Å². The van der Waals surface area contributed by atoms with Crippen LogP contribution in [-0.2, 0) is 6.54 Å². The number of phenols is 1. The Hall–Kier alpha value is -5.79. The van der Waals surface area contributed by atoms with Crippen molar-refractivity contribution in [3.05, 3.63) is 100 Å². The predicted octanol–water partition coefficient (Wildman–Crippen LogP) is 6.83. The number of unbranched alkanes of at least 4 members (excludes halogenated alkanes) is 1. The fourth-order valence-electron chi connectivity index (χ4n) is 8.38. The van der Waals surface area contributed by atoms with Crippen molar-refractivity contribution in [1.29, 1.82) is 0 Å². The van der Waals surface area contributed by atoms with Gasteiger partial charge in [0.25, 0.3) is 5.91 Å². The lowest BCUT2D eigenvalue weighted by Gasteiger charge is -2.47. The fraction of sp³-hybridized carbons (Fsp3) is 0.310. The second-order valence-corrected chi connectivity index (χ2v) is 15.0. The molecule has 8 rings (SSSR count). The van der Waals surface area contributed by atoms with Crippen LogP contribution in [0, 0.1) is 0 Å². The van der Waals surface area contributed by atoms with E-state index in [1.807, 2.05) is 28.9 Å². The molecular weight excluding hydrogens is 717 g/mol. The average molecular weight is 759 g/mol. The third kappa shape index (κ3) is 7.37. The molecule has 0 saturated carbocycles. The van der Waals surface area contributed by atoms with Crippen LogP contribution in [-0.4, -0.2) is 73.6 Å². The number of aromatic hydroxyl groups is 1. The van der Waals surface area contributed by atoms with Gasteiger partial charge in [-0.3, -0.25) is 14.3 Å². The van der Waals surface area contributed by atoms with Crippen molar-refractivity contribution < 1.29 is 24.2 Å². The van der Waals surface area contributed by atoms with Crippen LogP contribution < -0.4 is 21.4 Å². The van der Waals surface area contributed by atoms with Gasteiger partial charge < -0.3 is 35.5 Å². The number of aryl methyl sites for hydroxylation is 1. The molecule has 3 atom stereocenters. The first-order valence-corrected chi connectivity index (χ1v) is 19.1. The number of nitrogens with one attached hydrogen (secondary N) is 3. The molecule has 13 heteroatoms. The Morgan fingerprint density at radius 1 is 0.945 bits per heavy atom. The van der Waals surface area contributed by atoms with Crippen LogP contribution in [0.3, 0.4) is 0 Å². The zero-order chi connectivity index (χ0) is 38.2. The summed E-state index contributed by atoms with van der Waals surface area (Å²) < 4.78 is 7.84. The first kappa shape index (κ1) is 36.2. The van der Waals surface area contributed by atoms with Gasteiger partial charge in [-0.25, -0.2) is 4.79 Å². The van der Waals surface area contributed by atoms with E-state index in [-0.39, 0.29) is 34.5 Å². The van der Waals surface area contributed by atoms with E-state index in [0.717, 1.165) is 36.6 Å². The molecular formula is C42H42N6O6S. The Balaban J connectivity index is 0.901. The number of fused-ring (bicyclic) bond motifs is 5. The third-order valence-corrected chi connectivity index (χ3v) is 11.3. The Bertz CT molecular complexity index is 2460. The number of hydrogen-bond acceptors (Lipinski definition) is 8. The molecule has 2 saturated heterocycles. The zero-order valence-corrected chi connectivity index (χ0v) is 31.2. The number of thiocarbonyl (C=S) groups is 1. The van der Waals surface area contributed by atoms with Crippen LogP contribution in [0.2, 0.25) is 0 Å². The average Bonchev–Trinajstić information content (AvgIpc) is 3.53. The van der Waals surface area contributed by atoms with Gasteiger partial charge in [-0.15, -0.1) is 0 Å². The summed E-state index contributed by atoms with van der Waals surface area (Å²) in [6, 6.07) is 23.0. The van der Waals surface area contributed by atoms with Crippen LogP contribution in [0.5, 0.6) is 5.75 Å². The number of aromatic carboxylic acids is 1. The molecule has 1 aromatic heterocycles. The summed E-state index contributed by atoms with van der Waals surface area (Å²) in [7, 11) is 2.21. The highest BCUT2D eigenvalue weighted by Crippen LogP contribution is 2.42. The maximum atomic E-state index is 13.5. The SMILES string of the molecule is CN1[C@@H]2CCC[C@H]1CC(NC(=O)c1nn(CCCCNC(=S)Nc3ccc(-c4c5ccc(=O)cc-5oc5cc(O)ccc45)c(C(=O)O)c3)c3ccccc13)C2. The van der Waals surface area contributed by atoms with Crippen molar-refractivity contribution >= 4 is 56.8 Å². The number of carbonyl (C=O) groups is 2. The maximum Gasteiger partial charge on any atom is 0.336 e. The zero-order valence-electron chi connectivity index (χ0n) is 30.4. The van der Waals surface area contributed by atoms with Gasteiger partial charge in [0.15, 0.2) is 16.2 Å². The molecule has 12 nitrogen and oxygen atoms in total. The van der Waals surface area contributed by atoms with Crippen LogP contribution >= 0.6 is 12.2 Å². The number of piperidine rings is 2. The lowest BCUT2D eigenvalue weighted by Crippen LogP contribution is -2.55. The molecule has 3 aliphatic heterocycles. The minimum Gasteiger partial charge on any atom is -0.508 e. The molecule has 282 valence electrons. The van der Waals surface area contributed by atoms with E-state index in [0.29, 0.717) is 69.3 Å². The Morgan fingerprint density at radius 3 is 2.53 bits per heavy atom. The molecule has 5 N–H and O–H groups in total. The summed E-state index contributed by atoms with van der Waals surface area (Å²) in [4.78, 5) is 40.8. The van der Waals surface area contributed by atoms with Crippen LogP contribution in [0.1, 0.15) is 65.8 Å². The van der Waals surface area contributed by atoms with Crippen molar-refractivity contribution in [2.45, 2.75) is 69.6 Å². The molecule has 3 aromatic carbocycles. The van der Waals surface area contributed by atoms with E-state index < -0.39 is 5.97 Å². The molecule has 1 amide bonds. The molecule has 1 aliphatic carbocycles. The van der Waals surface area contributed by atoms with Gasteiger partial charge in [0.1, 0.15) is 17.1 Å². The fourth-order valence-corrected chi connectivity index (χ4v) is 8.60. The highest BCUT2D eigenvalue weighted by molar-refractivity contribution is 7.80. The monoisotopic (exact) mass is 758 g/mol. The van der Waals surface area contributed by atoms with Gasteiger partial charge in [-0.2, -0.15) is 5.10 Å². The Morgan fingerprint density at radius 2 is 1.73 bits per heavy atom. The number of amides is 1. The number of carboxylic acid groups (broad SMARTS) is 1. The second kappa shape index (κ2) is 15.2. The molecule has 4 aliphatic rings. The van der Waals surface area contributed by atoms with Crippen molar-refractivity contribution in [3.8, 4) is 28.2 Å². The van der Waals surface area contributed by atoms with E-state index in [9.17, 15) is 24.6 Å². The van der Waals surface area contributed by atoms with Crippen molar-refractivity contribution in [3.63, 3.8) is 0 Å².